The van der Waals surface area contributed by atoms with Crippen LogP contribution in [-0.4, -0.2) is 35.2 Å². The third-order valence-corrected chi connectivity index (χ3v) is 6.23. The van der Waals surface area contributed by atoms with E-state index in [2.05, 4.69) is 10.6 Å². The van der Waals surface area contributed by atoms with Crippen molar-refractivity contribution in [2.24, 2.45) is 5.92 Å². The Hall–Kier alpha value is -3.15. The quantitative estimate of drug-likeness (QED) is 0.727. The van der Waals surface area contributed by atoms with Crippen molar-refractivity contribution in [2.75, 3.05) is 11.9 Å². The van der Waals surface area contributed by atoms with E-state index in [-0.39, 0.29) is 30.2 Å². The fourth-order valence-corrected chi connectivity index (χ4v) is 4.29. The first-order valence-electron chi connectivity index (χ1n) is 11.2. The molecular formula is C26H33N3O3. The first-order chi connectivity index (χ1) is 15.2. The number of anilines is 1. The van der Waals surface area contributed by atoms with Gasteiger partial charge in [-0.15, -0.1) is 0 Å². The van der Waals surface area contributed by atoms with Crippen LogP contribution in [0.3, 0.4) is 0 Å². The lowest BCUT2D eigenvalue weighted by Gasteiger charge is -2.37. The van der Waals surface area contributed by atoms with Crippen molar-refractivity contribution in [1.29, 1.82) is 0 Å². The molecule has 32 heavy (non-hydrogen) atoms. The molecule has 3 rings (SSSR count). The maximum atomic E-state index is 13.1. The standard InChI is InChI=1S/C26H33N3O3/c1-6-17(3)26(32)29-15-21-10-8-7-9-20(21)13-22(29)25(31)27-14-23(30)28-24-18(4)11-16(2)12-19(24)5/h7-12,17,22H,6,13-15H2,1-5H3,(H,27,31)(H,28,30)/t17-,22+/m0/s1. The SMILES string of the molecule is CC[C@H](C)C(=O)N1Cc2ccccc2C[C@@H]1C(=O)NCC(=O)Nc1c(C)cc(C)cc1C. The highest BCUT2D eigenvalue weighted by Crippen LogP contribution is 2.26. The number of benzene rings is 2. The van der Waals surface area contributed by atoms with Gasteiger partial charge in [-0.05, 0) is 49.4 Å². The van der Waals surface area contributed by atoms with Crippen molar-refractivity contribution in [3.8, 4) is 0 Å². The lowest BCUT2D eigenvalue weighted by molar-refractivity contribution is -0.144. The lowest BCUT2D eigenvalue weighted by atomic mass is 9.92. The Labute approximate surface area is 190 Å². The highest BCUT2D eigenvalue weighted by atomic mass is 16.2. The first kappa shape index (κ1) is 23.5. The number of fused-ring (bicyclic) bond motifs is 1. The molecule has 0 radical (unpaired) electrons. The number of carbonyl (C=O) groups is 3. The molecule has 170 valence electrons. The zero-order chi connectivity index (χ0) is 23.4. The van der Waals surface area contributed by atoms with E-state index in [0.717, 1.165) is 33.5 Å². The fourth-order valence-electron chi connectivity index (χ4n) is 4.29. The summed E-state index contributed by atoms with van der Waals surface area (Å²) in [5, 5.41) is 5.66. The smallest absolute Gasteiger partial charge is 0.243 e. The molecule has 1 aliphatic rings. The number of hydrogen-bond acceptors (Lipinski definition) is 3. The molecule has 1 heterocycles. The normalized spacial score (nSPS) is 16.2. The van der Waals surface area contributed by atoms with Gasteiger partial charge in [0.25, 0.3) is 0 Å². The van der Waals surface area contributed by atoms with Crippen LogP contribution in [0.15, 0.2) is 36.4 Å². The summed E-state index contributed by atoms with van der Waals surface area (Å²) in [7, 11) is 0. The van der Waals surface area contributed by atoms with E-state index in [0.29, 0.717) is 19.4 Å². The third kappa shape index (κ3) is 5.18. The van der Waals surface area contributed by atoms with E-state index in [1.165, 1.54) is 0 Å². The largest absolute Gasteiger partial charge is 0.345 e. The Bertz CT molecular complexity index is 1010. The van der Waals surface area contributed by atoms with E-state index in [1.807, 2.05) is 71.0 Å². The van der Waals surface area contributed by atoms with Gasteiger partial charge in [0.15, 0.2) is 0 Å². The van der Waals surface area contributed by atoms with Gasteiger partial charge in [0.2, 0.25) is 17.7 Å². The van der Waals surface area contributed by atoms with E-state index in [9.17, 15) is 14.4 Å². The van der Waals surface area contributed by atoms with E-state index < -0.39 is 6.04 Å². The molecule has 0 fully saturated rings. The molecule has 0 spiro atoms. The van der Waals surface area contributed by atoms with Crippen molar-refractivity contribution in [3.05, 3.63) is 64.2 Å². The van der Waals surface area contributed by atoms with Crippen LogP contribution in [0.2, 0.25) is 0 Å². The van der Waals surface area contributed by atoms with Crippen LogP contribution in [0.25, 0.3) is 0 Å². The molecule has 2 aromatic rings. The Morgan fingerprint density at radius 3 is 2.31 bits per heavy atom. The second kappa shape index (κ2) is 9.98. The highest BCUT2D eigenvalue weighted by molar-refractivity contribution is 5.97. The Kier molecular flexibility index (Phi) is 7.33. The minimum Gasteiger partial charge on any atom is -0.345 e. The molecule has 6 nitrogen and oxygen atoms in total. The summed E-state index contributed by atoms with van der Waals surface area (Å²) in [4.78, 5) is 40.3. The van der Waals surface area contributed by atoms with Crippen LogP contribution in [0, 0.1) is 26.7 Å². The van der Waals surface area contributed by atoms with E-state index in [4.69, 9.17) is 0 Å². The minimum absolute atomic E-state index is 0.0301. The van der Waals surface area contributed by atoms with Crippen molar-refractivity contribution in [1.82, 2.24) is 10.2 Å². The molecule has 0 bridgehead atoms. The van der Waals surface area contributed by atoms with Gasteiger partial charge in [0, 0.05) is 24.6 Å². The van der Waals surface area contributed by atoms with Crippen LogP contribution >= 0.6 is 0 Å². The van der Waals surface area contributed by atoms with Crippen LogP contribution in [-0.2, 0) is 27.3 Å². The average Bonchev–Trinajstić information content (AvgIpc) is 2.77. The summed E-state index contributed by atoms with van der Waals surface area (Å²) >= 11 is 0. The first-order valence-corrected chi connectivity index (χ1v) is 11.2. The van der Waals surface area contributed by atoms with Gasteiger partial charge in [-0.3, -0.25) is 14.4 Å². The highest BCUT2D eigenvalue weighted by Gasteiger charge is 2.35. The summed E-state index contributed by atoms with van der Waals surface area (Å²) < 4.78 is 0. The molecule has 2 atom stereocenters. The Morgan fingerprint density at radius 2 is 1.69 bits per heavy atom. The Morgan fingerprint density at radius 1 is 1.06 bits per heavy atom. The van der Waals surface area contributed by atoms with Crippen molar-refractivity contribution in [3.63, 3.8) is 0 Å². The van der Waals surface area contributed by atoms with Gasteiger partial charge in [0.05, 0.1) is 6.54 Å². The summed E-state index contributed by atoms with van der Waals surface area (Å²) in [5.74, 6) is -0.781. The monoisotopic (exact) mass is 435 g/mol. The molecule has 0 unspecified atom stereocenters. The lowest BCUT2D eigenvalue weighted by Crippen LogP contribution is -2.54. The number of nitrogens with one attached hydrogen (secondary N) is 2. The molecule has 0 saturated heterocycles. The van der Waals surface area contributed by atoms with Crippen LogP contribution < -0.4 is 10.6 Å². The number of aryl methyl sites for hydroxylation is 3. The van der Waals surface area contributed by atoms with Crippen molar-refractivity contribution >= 4 is 23.4 Å². The number of nitrogens with zero attached hydrogens (tertiary/aromatic N) is 1. The van der Waals surface area contributed by atoms with Crippen LogP contribution in [0.5, 0.6) is 0 Å². The minimum atomic E-state index is -0.623. The van der Waals surface area contributed by atoms with E-state index in [1.54, 1.807) is 4.90 Å². The molecule has 2 N–H and O–H groups in total. The molecular weight excluding hydrogens is 402 g/mol. The van der Waals surface area contributed by atoms with Gasteiger partial charge in [-0.1, -0.05) is 55.8 Å². The van der Waals surface area contributed by atoms with Gasteiger partial charge in [-0.2, -0.15) is 0 Å². The van der Waals surface area contributed by atoms with Gasteiger partial charge < -0.3 is 15.5 Å². The van der Waals surface area contributed by atoms with Crippen molar-refractivity contribution < 1.29 is 14.4 Å². The second-order valence-electron chi connectivity index (χ2n) is 8.80. The Balaban J connectivity index is 1.70. The second-order valence-corrected chi connectivity index (χ2v) is 8.80. The number of rotatable bonds is 6. The van der Waals surface area contributed by atoms with Gasteiger partial charge >= 0.3 is 0 Å². The molecule has 0 saturated carbocycles. The number of amides is 3. The van der Waals surface area contributed by atoms with Gasteiger partial charge in [-0.25, -0.2) is 0 Å². The number of carbonyl (C=O) groups excluding carboxylic acids is 3. The topological polar surface area (TPSA) is 78.5 Å². The maximum Gasteiger partial charge on any atom is 0.243 e. The summed E-state index contributed by atoms with van der Waals surface area (Å²) in [5.41, 5.74) is 6.00. The summed E-state index contributed by atoms with van der Waals surface area (Å²) in [6.45, 7) is 10.0. The molecule has 2 aromatic carbocycles. The van der Waals surface area contributed by atoms with Crippen LogP contribution in [0.1, 0.15) is 48.1 Å². The molecule has 1 aliphatic heterocycles. The van der Waals surface area contributed by atoms with Crippen molar-refractivity contribution in [2.45, 2.75) is 60.0 Å². The maximum absolute atomic E-state index is 13.1. The summed E-state index contributed by atoms with van der Waals surface area (Å²) in [6, 6.07) is 11.3. The molecule has 6 heteroatoms. The number of hydrogen-bond donors (Lipinski definition) is 2. The van der Waals surface area contributed by atoms with Crippen LogP contribution in [0.4, 0.5) is 5.69 Å². The summed E-state index contributed by atoms with van der Waals surface area (Å²) in [6.07, 6.45) is 1.16. The van der Waals surface area contributed by atoms with E-state index >= 15 is 0 Å². The molecule has 0 aliphatic carbocycles. The zero-order valence-corrected chi connectivity index (χ0v) is 19.6. The zero-order valence-electron chi connectivity index (χ0n) is 19.6. The predicted molar refractivity (Wildman–Crippen MR) is 126 cm³/mol. The fraction of sp³-hybridized carbons (Fsp3) is 0.423. The predicted octanol–water partition coefficient (Wildman–Crippen LogP) is 3.67. The van der Waals surface area contributed by atoms with Gasteiger partial charge in [0.1, 0.15) is 6.04 Å². The molecule has 0 aromatic heterocycles. The average molecular weight is 436 g/mol. The molecule has 3 amide bonds. The third-order valence-electron chi connectivity index (χ3n) is 6.23.